The lowest BCUT2D eigenvalue weighted by atomic mass is 9.79. The van der Waals surface area contributed by atoms with Gasteiger partial charge in [-0.3, -0.25) is 0 Å². The number of nitrogens with one attached hydrogen (secondary N) is 2. The van der Waals surface area contributed by atoms with Crippen LogP contribution in [0.3, 0.4) is 0 Å². The molecule has 2 fully saturated rings. The van der Waals surface area contributed by atoms with E-state index in [2.05, 4.69) is 22.8 Å². The van der Waals surface area contributed by atoms with Crippen molar-refractivity contribution in [3.8, 4) is 0 Å². The van der Waals surface area contributed by atoms with Crippen LogP contribution in [0.1, 0.15) is 75.5 Å². The minimum Gasteiger partial charge on any atom is -0.480 e. The minimum absolute atomic E-state index is 0.0934. The van der Waals surface area contributed by atoms with E-state index in [1.807, 2.05) is 0 Å². The van der Waals surface area contributed by atoms with Crippen molar-refractivity contribution < 1.29 is 24.2 Å². The van der Waals surface area contributed by atoms with E-state index in [0.717, 1.165) is 75.8 Å². The molecule has 2 saturated carbocycles. The van der Waals surface area contributed by atoms with Crippen LogP contribution in [0, 0.1) is 5.92 Å². The number of ether oxygens (including phenoxy) is 2. The van der Waals surface area contributed by atoms with Gasteiger partial charge in [0.1, 0.15) is 18.0 Å². The number of rotatable bonds is 10. The van der Waals surface area contributed by atoms with Gasteiger partial charge in [-0.2, -0.15) is 0 Å². The molecule has 1 unspecified atom stereocenters. The molecule has 3 aliphatic rings. The summed E-state index contributed by atoms with van der Waals surface area (Å²) < 4.78 is 11.2. The number of carbonyl (C=O) groups excluding carboxylic acids is 1. The van der Waals surface area contributed by atoms with Crippen molar-refractivity contribution in [1.82, 2.24) is 10.3 Å². The van der Waals surface area contributed by atoms with Crippen LogP contribution in [0.2, 0.25) is 0 Å². The van der Waals surface area contributed by atoms with Crippen molar-refractivity contribution >= 4 is 17.9 Å². The lowest BCUT2D eigenvalue weighted by molar-refractivity contribution is -0.140. The van der Waals surface area contributed by atoms with Gasteiger partial charge in [0.05, 0.1) is 6.10 Å². The number of anilines is 1. The average Bonchev–Trinajstić information content (AvgIpc) is 2.79. The Morgan fingerprint density at radius 2 is 1.97 bits per heavy atom. The summed E-state index contributed by atoms with van der Waals surface area (Å²) in [5.41, 5.74) is 2.46. The smallest absolute Gasteiger partial charge is 0.408 e. The number of aryl methyl sites for hydroxylation is 2. The third-order valence-corrected chi connectivity index (χ3v) is 7.13. The Balaban J connectivity index is 1.10. The number of fused-ring (bicyclic) bond motifs is 1. The highest BCUT2D eigenvalue weighted by Crippen LogP contribution is 2.34. The summed E-state index contributed by atoms with van der Waals surface area (Å²) in [6, 6.07) is 3.37. The van der Waals surface area contributed by atoms with Crippen molar-refractivity contribution in [2.75, 3.05) is 18.5 Å². The van der Waals surface area contributed by atoms with Crippen LogP contribution < -0.4 is 10.6 Å². The monoisotopic (exact) mass is 459 g/mol. The van der Waals surface area contributed by atoms with E-state index in [0.29, 0.717) is 12.5 Å². The summed E-state index contributed by atoms with van der Waals surface area (Å²) in [5.74, 6) is 0.621. The van der Waals surface area contributed by atoms with Gasteiger partial charge in [-0.25, -0.2) is 14.6 Å². The second-order valence-corrected chi connectivity index (χ2v) is 9.70. The van der Waals surface area contributed by atoms with E-state index in [9.17, 15) is 14.7 Å². The van der Waals surface area contributed by atoms with E-state index < -0.39 is 18.1 Å². The molecule has 182 valence electrons. The molecule has 2 aliphatic carbocycles. The summed E-state index contributed by atoms with van der Waals surface area (Å²) in [5, 5.41) is 15.3. The van der Waals surface area contributed by atoms with Gasteiger partial charge in [-0.1, -0.05) is 12.5 Å². The fourth-order valence-corrected chi connectivity index (χ4v) is 5.03. The van der Waals surface area contributed by atoms with Gasteiger partial charge in [0, 0.05) is 25.3 Å². The molecule has 0 spiro atoms. The number of pyridine rings is 1. The molecule has 1 aromatic rings. The largest absolute Gasteiger partial charge is 0.480 e. The predicted octanol–water partition coefficient (Wildman–Crippen LogP) is 4.07. The number of hydrogen-bond donors (Lipinski definition) is 3. The second-order valence-electron chi connectivity index (χ2n) is 9.70. The SMILES string of the molecule is O=C(NC(CCO[C@H]1C[C@H](CCc2ccc3c(n2)NCCC3)C1)C(=O)O)OC1CCCCC1. The zero-order valence-electron chi connectivity index (χ0n) is 19.4. The molecular formula is C25H37N3O5. The summed E-state index contributed by atoms with van der Waals surface area (Å²) in [6.45, 7) is 1.32. The second kappa shape index (κ2) is 11.7. The third-order valence-electron chi connectivity index (χ3n) is 7.13. The summed E-state index contributed by atoms with van der Waals surface area (Å²) in [4.78, 5) is 28.3. The Morgan fingerprint density at radius 1 is 1.15 bits per heavy atom. The molecule has 33 heavy (non-hydrogen) atoms. The summed E-state index contributed by atoms with van der Waals surface area (Å²) in [7, 11) is 0. The highest BCUT2D eigenvalue weighted by atomic mass is 16.6. The molecule has 1 aromatic heterocycles. The minimum atomic E-state index is -1.06. The first-order chi connectivity index (χ1) is 16.1. The van der Waals surface area contributed by atoms with Crippen LogP contribution in [-0.4, -0.2) is 53.6 Å². The number of alkyl carbamates (subject to hydrolysis) is 1. The molecule has 0 aromatic carbocycles. The molecule has 1 atom stereocenters. The maximum absolute atomic E-state index is 12.1. The first-order valence-corrected chi connectivity index (χ1v) is 12.6. The van der Waals surface area contributed by atoms with Crippen molar-refractivity contribution in [2.24, 2.45) is 5.92 Å². The lowest BCUT2D eigenvalue weighted by Gasteiger charge is -2.35. The Morgan fingerprint density at radius 3 is 2.76 bits per heavy atom. The standard InChI is InChI=1S/C25H37N3O5/c29-24(30)22(28-25(31)33-20-6-2-1-3-7-20)12-14-32-21-15-17(16-21)8-10-19-11-9-18-5-4-13-26-23(18)27-19/h9,11,17,20-22H,1-8,10,12-16H2,(H,26,27)(H,28,31)(H,29,30)/t17-,21-,22?. The van der Waals surface area contributed by atoms with Crippen LogP contribution in [-0.2, 0) is 27.1 Å². The molecule has 0 radical (unpaired) electrons. The first kappa shape index (κ1) is 23.8. The topological polar surface area (TPSA) is 110 Å². The van der Waals surface area contributed by atoms with Gasteiger partial charge < -0.3 is 25.2 Å². The average molecular weight is 460 g/mol. The number of carboxylic acids is 1. The number of carboxylic acid groups (broad SMARTS) is 1. The Labute approximate surface area is 195 Å². The molecule has 4 rings (SSSR count). The number of amides is 1. The molecule has 0 bridgehead atoms. The predicted molar refractivity (Wildman–Crippen MR) is 124 cm³/mol. The van der Waals surface area contributed by atoms with Crippen molar-refractivity contribution in [3.63, 3.8) is 0 Å². The van der Waals surface area contributed by atoms with Gasteiger partial charge in [0.15, 0.2) is 0 Å². The van der Waals surface area contributed by atoms with Gasteiger partial charge in [-0.15, -0.1) is 0 Å². The number of aliphatic carboxylic acids is 1. The lowest BCUT2D eigenvalue weighted by Crippen LogP contribution is -2.43. The summed E-state index contributed by atoms with van der Waals surface area (Å²) >= 11 is 0. The Kier molecular flexibility index (Phi) is 8.42. The van der Waals surface area contributed by atoms with E-state index in [4.69, 9.17) is 14.5 Å². The quantitative estimate of drug-likeness (QED) is 0.484. The van der Waals surface area contributed by atoms with E-state index >= 15 is 0 Å². The van der Waals surface area contributed by atoms with Gasteiger partial charge in [0.25, 0.3) is 0 Å². The fourth-order valence-electron chi connectivity index (χ4n) is 5.03. The van der Waals surface area contributed by atoms with E-state index in [-0.39, 0.29) is 18.6 Å². The van der Waals surface area contributed by atoms with Crippen LogP contribution in [0.25, 0.3) is 0 Å². The van der Waals surface area contributed by atoms with Gasteiger partial charge in [0.2, 0.25) is 0 Å². The number of hydrogen-bond acceptors (Lipinski definition) is 6. The number of carbonyl (C=O) groups is 2. The molecule has 3 N–H and O–H groups in total. The highest BCUT2D eigenvalue weighted by Gasteiger charge is 2.30. The Hall–Kier alpha value is -2.35. The summed E-state index contributed by atoms with van der Waals surface area (Å²) in [6.07, 6.45) is 11.0. The van der Waals surface area contributed by atoms with Crippen molar-refractivity contribution in [3.05, 3.63) is 23.4 Å². The molecule has 8 heteroatoms. The molecule has 1 amide bonds. The molecular weight excluding hydrogens is 422 g/mol. The normalized spacial score (nSPS) is 23.5. The third kappa shape index (κ3) is 7.06. The molecule has 0 saturated heterocycles. The maximum Gasteiger partial charge on any atom is 0.408 e. The van der Waals surface area contributed by atoms with E-state index in [1.54, 1.807) is 0 Å². The van der Waals surface area contributed by atoms with Gasteiger partial charge >= 0.3 is 12.1 Å². The van der Waals surface area contributed by atoms with Gasteiger partial charge in [-0.05, 0) is 81.8 Å². The highest BCUT2D eigenvalue weighted by molar-refractivity contribution is 5.79. The fraction of sp³-hybridized carbons (Fsp3) is 0.720. The number of aromatic nitrogens is 1. The van der Waals surface area contributed by atoms with Crippen LogP contribution in [0.15, 0.2) is 12.1 Å². The van der Waals surface area contributed by atoms with Crippen LogP contribution in [0.4, 0.5) is 10.6 Å². The molecule has 8 nitrogen and oxygen atoms in total. The number of nitrogens with zero attached hydrogens (tertiary/aromatic N) is 1. The molecule has 1 aliphatic heterocycles. The van der Waals surface area contributed by atoms with Crippen molar-refractivity contribution in [1.29, 1.82) is 0 Å². The zero-order chi connectivity index (χ0) is 23.0. The van der Waals surface area contributed by atoms with Crippen LogP contribution in [0.5, 0.6) is 0 Å². The van der Waals surface area contributed by atoms with Crippen molar-refractivity contribution in [2.45, 2.75) is 95.3 Å². The Bertz CT molecular complexity index is 805. The zero-order valence-corrected chi connectivity index (χ0v) is 19.4. The molecule has 2 heterocycles. The van der Waals surface area contributed by atoms with E-state index in [1.165, 1.54) is 18.4 Å². The van der Waals surface area contributed by atoms with Crippen LogP contribution >= 0.6 is 0 Å². The first-order valence-electron chi connectivity index (χ1n) is 12.6. The maximum atomic E-state index is 12.1.